The van der Waals surface area contributed by atoms with E-state index in [1.54, 1.807) is 11.3 Å². The Morgan fingerprint density at radius 3 is 2.79 bits per heavy atom. The van der Waals surface area contributed by atoms with Crippen LogP contribution >= 0.6 is 11.3 Å². The lowest BCUT2D eigenvalue weighted by molar-refractivity contribution is 0.0528. The van der Waals surface area contributed by atoms with E-state index in [1.807, 2.05) is 32.3 Å². The molecule has 0 saturated heterocycles. The average molecular weight is 285 g/mol. The Morgan fingerprint density at radius 1 is 1.47 bits per heavy atom. The Bertz CT molecular complexity index is 374. The Morgan fingerprint density at radius 2 is 2.21 bits per heavy atom. The van der Waals surface area contributed by atoms with E-state index >= 15 is 0 Å². The van der Waals surface area contributed by atoms with Crippen LogP contribution in [0.4, 0.5) is 4.79 Å². The van der Waals surface area contributed by atoms with E-state index in [1.165, 1.54) is 0 Å². The molecule has 1 unspecified atom stereocenters. The van der Waals surface area contributed by atoms with Gasteiger partial charge in [0.1, 0.15) is 5.60 Å². The third kappa shape index (κ3) is 7.12. The van der Waals surface area contributed by atoms with Crippen LogP contribution in [-0.2, 0) is 4.74 Å². The van der Waals surface area contributed by atoms with E-state index in [0.717, 1.165) is 18.1 Å². The molecule has 1 aromatic heterocycles. The van der Waals surface area contributed by atoms with Crippen LogP contribution in [0.3, 0.4) is 0 Å². The van der Waals surface area contributed by atoms with Gasteiger partial charge in [0.2, 0.25) is 0 Å². The van der Waals surface area contributed by atoms with E-state index in [2.05, 4.69) is 22.5 Å². The van der Waals surface area contributed by atoms with Gasteiger partial charge in [-0.25, -0.2) is 9.78 Å². The number of rotatable bonds is 6. The zero-order valence-corrected chi connectivity index (χ0v) is 12.8. The van der Waals surface area contributed by atoms with Crippen LogP contribution in [0.1, 0.15) is 38.6 Å². The minimum atomic E-state index is -0.448. The lowest BCUT2D eigenvalue weighted by Crippen LogP contribution is -2.37. The molecule has 19 heavy (non-hydrogen) atoms. The molecular formula is C13H23N3O2S. The number of hydrogen-bond acceptors (Lipinski definition) is 5. The molecule has 0 aromatic carbocycles. The third-order valence-electron chi connectivity index (χ3n) is 2.29. The molecule has 1 amide bonds. The van der Waals surface area contributed by atoms with Crippen molar-refractivity contribution in [2.75, 3.05) is 19.6 Å². The highest BCUT2D eigenvalue weighted by molar-refractivity contribution is 7.09. The number of carbonyl (C=O) groups excluding carboxylic acids is 1. The molecule has 0 bridgehead atoms. The Kier molecular flexibility index (Phi) is 6.24. The highest BCUT2D eigenvalue weighted by Crippen LogP contribution is 2.15. The van der Waals surface area contributed by atoms with Crippen molar-refractivity contribution in [1.82, 2.24) is 15.6 Å². The predicted octanol–water partition coefficient (Wildman–Crippen LogP) is 2.36. The molecule has 6 heteroatoms. The minimum absolute atomic E-state index is 0.373. The Balaban J connectivity index is 2.07. The van der Waals surface area contributed by atoms with Crippen molar-refractivity contribution < 1.29 is 9.53 Å². The van der Waals surface area contributed by atoms with Gasteiger partial charge < -0.3 is 15.4 Å². The second-order valence-electron chi connectivity index (χ2n) is 5.40. The molecule has 1 rings (SSSR count). The summed E-state index contributed by atoms with van der Waals surface area (Å²) in [4.78, 5) is 15.6. The molecule has 1 heterocycles. The molecule has 0 saturated carbocycles. The normalized spacial score (nSPS) is 13.1. The molecule has 2 N–H and O–H groups in total. The van der Waals surface area contributed by atoms with Gasteiger partial charge in [-0.15, -0.1) is 11.3 Å². The SMILES string of the molecule is CC(CNCCNC(=O)OC(C)(C)C)c1nccs1. The van der Waals surface area contributed by atoms with Gasteiger partial charge in [-0.05, 0) is 20.8 Å². The Labute approximate surface area is 118 Å². The molecule has 1 aromatic rings. The quantitative estimate of drug-likeness (QED) is 0.788. The number of alkyl carbamates (subject to hydrolysis) is 1. The van der Waals surface area contributed by atoms with E-state index in [0.29, 0.717) is 12.5 Å². The van der Waals surface area contributed by atoms with E-state index < -0.39 is 5.60 Å². The molecule has 0 radical (unpaired) electrons. The van der Waals surface area contributed by atoms with Crippen LogP contribution in [-0.4, -0.2) is 36.3 Å². The minimum Gasteiger partial charge on any atom is -0.444 e. The summed E-state index contributed by atoms with van der Waals surface area (Å²) in [7, 11) is 0. The zero-order valence-electron chi connectivity index (χ0n) is 12.0. The van der Waals surface area contributed by atoms with Crippen molar-refractivity contribution in [2.45, 2.75) is 39.2 Å². The van der Waals surface area contributed by atoms with Crippen molar-refractivity contribution >= 4 is 17.4 Å². The third-order valence-corrected chi connectivity index (χ3v) is 3.30. The first-order chi connectivity index (χ1) is 8.88. The second-order valence-corrected chi connectivity index (χ2v) is 6.33. The molecule has 108 valence electrons. The topological polar surface area (TPSA) is 63.2 Å². The molecule has 0 aliphatic heterocycles. The van der Waals surface area contributed by atoms with Gasteiger partial charge >= 0.3 is 6.09 Å². The average Bonchev–Trinajstić information content (AvgIpc) is 2.79. The highest BCUT2D eigenvalue weighted by atomic mass is 32.1. The van der Waals surface area contributed by atoms with Gasteiger partial charge in [-0.3, -0.25) is 0 Å². The summed E-state index contributed by atoms with van der Waals surface area (Å²) >= 11 is 1.67. The van der Waals surface area contributed by atoms with Crippen LogP contribution < -0.4 is 10.6 Å². The number of carbonyl (C=O) groups is 1. The van der Waals surface area contributed by atoms with Gasteiger partial charge in [0.15, 0.2) is 0 Å². The van der Waals surface area contributed by atoms with Crippen LogP contribution in [0, 0.1) is 0 Å². The lowest BCUT2D eigenvalue weighted by atomic mass is 10.2. The van der Waals surface area contributed by atoms with Gasteiger partial charge in [0, 0.05) is 37.1 Å². The van der Waals surface area contributed by atoms with Gasteiger partial charge in [0.05, 0.1) is 5.01 Å². The molecule has 0 aliphatic carbocycles. The highest BCUT2D eigenvalue weighted by Gasteiger charge is 2.15. The van der Waals surface area contributed by atoms with Gasteiger partial charge in [-0.2, -0.15) is 0 Å². The van der Waals surface area contributed by atoms with Crippen molar-refractivity contribution in [3.63, 3.8) is 0 Å². The van der Waals surface area contributed by atoms with E-state index in [4.69, 9.17) is 4.74 Å². The van der Waals surface area contributed by atoms with Crippen molar-refractivity contribution in [3.8, 4) is 0 Å². The van der Waals surface area contributed by atoms with Crippen LogP contribution in [0.25, 0.3) is 0 Å². The fourth-order valence-electron chi connectivity index (χ4n) is 1.45. The van der Waals surface area contributed by atoms with Gasteiger partial charge in [-0.1, -0.05) is 6.92 Å². The number of amides is 1. The van der Waals surface area contributed by atoms with Crippen molar-refractivity contribution in [3.05, 3.63) is 16.6 Å². The van der Waals surface area contributed by atoms with Crippen LogP contribution in [0.2, 0.25) is 0 Å². The first-order valence-corrected chi connectivity index (χ1v) is 7.33. The first-order valence-electron chi connectivity index (χ1n) is 6.45. The largest absolute Gasteiger partial charge is 0.444 e. The maximum Gasteiger partial charge on any atom is 0.407 e. The standard InChI is InChI=1S/C13H23N3O2S/c1-10(11-15-7-8-19-11)9-14-5-6-16-12(17)18-13(2,3)4/h7-8,10,14H,5-6,9H2,1-4H3,(H,16,17). The van der Waals surface area contributed by atoms with Crippen LogP contribution in [0.15, 0.2) is 11.6 Å². The summed E-state index contributed by atoms with van der Waals surface area (Å²) < 4.78 is 5.14. The fourth-order valence-corrected chi connectivity index (χ4v) is 2.15. The van der Waals surface area contributed by atoms with E-state index in [-0.39, 0.29) is 6.09 Å². The second kappa shape index (κ2) is 7.45. The predicted molar refractivity (Wildman–Crippen MR) is 77.6 cm³/mol. The number of ether oxygens (including phenoxy) is 1. The number of hydrogen-bond donors (Lipinski definition) is 2. The number of nitrogens with one attached hydrogen (secondary N) is 2. The summed E-state index contributed by atoms with van der Waals surface area (Å²) in [6.07, 6.45) is 1.45. The monoisotopic (exact) mass is 285 g/mol. The summed E-state index contributed by atoms with van der Waals surface area (Å²) in [5.41, 5.74) is -0.448. The fraction of sp³-hybridized carbons (Fsp3) is 0.692. The van der Waals surface area contributed by atoms with Gasteiger partial charge in [0.25, 0.3) is 0 Å². The lowest BCUT2D eigenvalue weighted by Gasteiger charge is -2.19. The molecule has 5 nitrogen and oxygen atoms in total. The summed E-state index contributed by atoms with van der Waals surface area (Å²) in [5.74, 6) is 0.390. The molecule has 0 spiro atoms. The summed E-state index contributed by atoms with van der Waals surface area (Å²) in [6, 6.07) is 0. The molecule has 0 aliphatic rings. The van der Waals surface area contributed by atoms with E-state index in [9.17, 15) is 4.79 Å². The maximum absolute atomic E-state index is 11.4. The molecule has 1 atom stereocenters. The maximum atomic E-state index is 11.4. The number of nitrogens with zero attached hydrogens (tertiary/aromatic N) is 1. The Hall–Kier alpha value is -1.14. The first kappa shape index (κ1) is 15.9. The van der Waals surface area contributed by atoms with Crippen molar-refractivity contribution in [1.29, 1.82) is 0 Å². The smallest absolute Gasteiger partial charge is 0.407 e. The zero-order chi connectivity index (χ0) is 14.3. The molecular weight excluding hydrogens is 262 g/mol. The summed E-state index contributed by atoms with van der Waals surface area (Å²) in [5, 5.41) is 9.11. The molecule has 0 fully saturated rings. The number of thiazole rings is 1. The summed E-state index contributed by atoms with van der Waals surface area (Å²) in [6.45, 7) is 9.80. The van der Waals surface area contributed by atoms with Crippen LogP contribution in [0.5, 0.6) is 0 Å². The van der Waals surface area contributed by atoms with Crippen molar-refractivity contribution in [2.24, 2.45) is 0 Å². The number of aromatic nitrogens is 1.